The minimum Gasteiger partial charge on any atom is -0.299 e. The maximum atomic E-state index is 10.9. The van der Waals surface area contributed by atoms with Crippen molar-refractivity contribution in [2.24, 2.45) is 5.84 Å². The van der Waals surface area contributed by atoms with Crippen molar-refractivity contribution in [1.82, 2.24) is 10.3 Å². The molecule has 1 amide bonds. The number of hydrogen-bond donors (Lipinski definition) is 2. The molecule has 0 spiro atoms. The Morgan fingerprint density at radius 1 is 1.35 bits per heavy atom. The summed E-state index contributed by atoms with van der Waals surface area (Å²) in [5.41, 5.74) is 2.14. The predicted octanol–water partition coefficient (Wildman–Crippen LogP) is 0.915. The zero-order valence-corrected chi connectivity index (χ0v) is 10.3. The maximum absolute atomic E-state index is 10.9. The number of hydrogen-bond acceptors (Lipinski definition) is 4. The number of hydrazine groups is 1. The van der Waals surface area contributed by atoms with Crippen LogP contribution in [0.5, 0.6) is 0 Å². The van der Waals surface area contributed by atoms with E-state index in [4.69, 9.17) is 11.1 Å². The molecule has 0 bridgehead atoms. The number of nitrogens with two attached hydrogens (primary N) is 1. The fraction of sp³-hybridized carbons (Fsp3) is 0.833. The van der Waals surface area contributed by atoms with E-state index < -0.39 is 0 Å². The SMILES string of the molecule is N#CCCN(CCCCCC(=O)NN)C1CC1. The summed E-state index contributed by atoms with van der Waals surface area (Å²) in [6, 6.07) is 2.91. The summed E-state index contributed by atoms with van der Waals surface area (Å²) in [6.07, 6.45) is 6.72. The second-order valence-corrected chi connectivity index (χ2v) is 4.55. The predicted molar refractivity (Wildman–Crippen MR) is 65.6 cm³/mol. The van der Waals surface area contributed by atoms with Gasteiger partial charge in [0, 0.05) is 25.4 Å². The minimum atomic E-state index is -0.0893. The average molecular weight is 238 g/mol. The van der Waals surface area contributed by atoms with Crippen LogP contribution >= 0.6 is 0 Å². The fourth-order valence-electron chi connectivity index (χ4n) is 1.96. The highest BCUT2D eigenvalue weighted by atomic mass is 16.2. The molecule has 0 aromatic heterocycles. The van der Waals surface area contributed by atoms with E-state index in [0.717, 1.165) is 38.4 Å². The Kier molecular flexibility index (Phi) is 6.60. The number of nitrogens with zero attached hydrogens (tertiary/aromatic N) is 2. The summed E-state index contributed by atoms with van der Waals surface area (Å²) in [6.45, 7) is 1.95. The molecule has 1 saturated carbocycles. The van der Waals surface area contributed by atoms with Gasteiger partial charge in [-0.2, -0.15) is 5.26 Å². The van der Waals surface area contributed by atoms with Crippen LogP contribution in [0.3, 0.4) is 0 Å². The van der Waals surface area contributed by atoms with Gasteiger partial charge in [-0.25, -0.2) is 5.84 Å². The first-order valence-electron chi connectivity index (χ1n) is 6.38. The van der Waals surface area contributed by atoms with Crippen LogP contribution in [0, 0.1) is 11.3 Å². The van der Waals surface area contributed by atoms with Crippen LogP contribution in [-0.2, 0) is 4.79 Å². The smallest absolute Gasteiger partial charge is 0.233 e. The lowest BCUT2D eigenvalue weighted by Gasteiger charge is -2.20. The molecule has 5 nitrogen and oxygen atoms in total. The van der Waals surface area contributed by atoms with Crippen molar-refractivity contribution in [1.29, 1.82) is 5.26 Å². The maximum Gasteiger partial charge on any atom is 0.233 e. The van der Waals surface area contributed by atoms with E-state index in [1.165, 1.54) is 12.8 Å². The highest BCUT2D eigenvalue weighted by molar-refractivity contribution is 5.74. The molecule has 0 unspecified atom stereocenters. The Labute approximate surface area is 103 Å². The largest absolute Gasteiger partial charge is 0.299 e. The third-order valence-corrected chi connectivity index (χ3v) is 3.08. The van der Waals surface area contributed by atoms with Crippen LogP contribution in [0.15, 0.2) is 0 Å². The number of amides is 1. The van der Waals surface area contributed by atoms with Crippen LogP contribution in [0.25, 0.3) is 0 Å². The van der Waals surface area contributed by atoms with E-state index in [-0.39, 0.29) is 5.91 Å². The second-order valence-electron chi connectivity index (χ2n) is 4.55. The van der Waals surface area contributed by atoms with Gasteiger partial charge in [0.2, 0.25) is 5.91 Å². The van der Waals surface area contributed by atoms with Crippen molar-refractivity contribution >= 4 is 5.91 Å². The van der Waals surface area contributed by atoms with E-state index in [9.17, 15) is 4.79 Å². The first kappa shape index (κ1) is 13.9. The van der Waals surface area contributed by atoms with E-state index >= 15 is 0 Å². The molecule has 0 radical (unpaired) electrons. The molecule has 1 fully saturated rings. The molecule has 0 heterocycles. The van der Waals surface area contributed by atoms with E-state index in [1.54, 1.807) is 0 Å². The molecule has 0 saturated heterocycles. The average Bonchev–Trinajstić information content (AvgIpc) is 3.16. The van der Waals surface area contributed by atoms with Gasteiger partial charge in [0.05, 0.1) is 6.07 Å². The molecular weight excluding hydrogens is 216 g/mol. The standard InChI is InChI=1S/C12H22N4O/c13-8-4-10-16(11-6-7-11)9-3-1-2-5-12(17)15-14/h11H,1-7,9-10,14H2,(H,15,17). The molecule has 1 aliphatic rings. The summed E-state index contributed by atoms with van der Waals surface area (Å²) in [5.74, 6) is 4.91. The lowest BCUT2D eigenvalue weighted by Crippen LogP contribution is -2.30. The van der Waals surface area contributed by atoms with Gasteiger partial charge in [-0.15, -0.1) is 0 Å². The van der Waals surface area contributed by atoms with Crippen LogP contribution in [0.1, 0.15) is 44.9 Å². The molecule has 1 aliphatic carbocycles. The highest BCUT2D eigenvalue weighted by Crippen LogP contribution is 2.27. The van der Waals surface area contributed by atoms with Crippen molar-refractivity contribution in [3.05, 3.63) is 0 Å². The third kappa shape index (κ3) is 6.25. The van der Waals surface area contributed by atoms with Gasteiger partial charge in [-0.3, -0.25) is 15.1 Å². The summed E-state index contributed by atoms with van der Waals surface area (Å²) < 4.78 is 0. The molecule has 0 aromatic carbocycles. The van der Waals surface area contributed by atoms with Crippen molar-refractivity contribution in [2.75, 3.05) is 13.1 Å². The number of carbonyl (C=O) groups is 1. The Hall–Kier alpha value is -1.12. The van der Waals surface area contributed by atoms with Gasteiger partial charge in [0.15, 0.2) is 0 Å². The topological polar surface area (TPSA) is 82.2 Å². The molecule has 0 atom stereocenters. The first-order chi connectivity index (χ1) is 8.27. The lowest BCUT2D eigenvalue weighted by atomic mass is 10.2. The molecule has 3 N–H and O–H groups in total. The summed E-state index contributed by atoms with van der Waals surface area (Å²) in [4.78, 5) is 13.3. The van der Waals surface area contributed by atoms with Crippen LogP contribution in [0.2, 0.25) is 0 Å². The normalized spacial score (nSPS) is 14.6. The third-order valence-electron chi connectivity index (χ3n) is 3.08. The monoisotopic (exact) mass is 238 g/mol. The molecule has 0 aromatic rings. The Bertz CT molecular complexity index is 270. The first-order valence-corrected chi connectivity index (χ1v) is 6.38. The van der Waals surface area contributed by atoms with Gasteiger partial charge in [0.1, 0.15) is 0 Å². The molecule has 0 aliphatic heterocycles. The number of rotatable bonds is 9. The second kappa shape index (κ2) is 8.04. The summed E-state index contributed by atoms with van der Waals surface area (Å²) >= 11 is 0. The van der Waals surface area contributed by atoms with Gasteiger partial charge >= 0.3 is 0 Å². The van der Waals surface area contributed by atoms with E-state index in [1.807, 2.05) is 0 Å². The van der Waals surface area contributed by atoms with Crippen LogP contribution < -0.4 is 11.3 Å². The molecular formula is C12H22N4O. The van der Waals surface area contributed by atoms with Crippen molar-refractivity contribution in [2.45, 2.75) is 51.0 Å². The Morgan fingerprint density at radius 2 is 2.12 bits per heavy atom. The van der Waals surface area contributed by atoms with Crippen molar-refractivity contribution in [3.8, 4) is 6.07 Å². The Morgan fingerprint density at radius 3 is 2.71 bits per heavy atom. The van der Waals surface area contributed by atoms with Crippen molar-refractivity contribution in [3.63, 3.8) is 0 Å². The highest BCUT2D eigenvalue weighted by Gasteiger charge is 2.27. The molecule has 96 valence electrons. The van der Waals surface area contributed by atoms with E-state index in [0.29, 0.717) is 12.8 Å². The molecule has 5 heteroatoms. The van der Waals surface area contributed by atoms with E-state index in [2.05, 4.69) is 16.4 Å². The number of unbranched alkanes of at least 4 members (excludes halogenated alkanes) is 2. The number of nitrogens with one attached hydrogen (secondary N) is 1. The van der Waals surface area contributed by atoms with Gasteiger partial charge in [-0.1, -0.05) is 6.42 Å². The zero-order chi connectivity index (χ0) is 12.5. The molecule has 1 rings (SSSR count). The zero-order valence-electron chi connectivity index (χ0n) is 10.3. The summed E-state index contributed by atoms with van der Waals surface area (Å²) in [5, 5.41) is 8.58. The lowest BCUT2D eigenvalue weighted by molar-refractivity contribution is -0.121. The quantitative estimate of drug-likeness (QED) is 0.271. The Balaban J connectivity index is 2.02. The molecule has 17 heavy (non-hydrogen) atoms. The number of carbonyl (C=O) groups excluding carboxylic acids is 1. The van der Waals surface area contributed by atoms with Crippen molar-refractivity contribution < 1.29 is 4.79 Å². The van der Waals surface area contributed by atoms with Gasteiger partial charge < -0.3 is 0 Å². The fourth-order valence-corrected chi connectivity index (χ4v) is 1.96. The van der Waals surface area contributed by atoms with Crippen LogP contribution in [-0.4, -0.2) is 29.9 Å². The minimum absolute atomic E-state index is 0.0893. The van der Waals surface area contributed by atoms with Crippen LogP contribution in [0.4, 0.5) is 0 Å². The van der Waals surface area contributed by atoms with Gasteiger partial charge in [-0.05, 0) is 32.2 Å². The number of nitriles is 1. The van der Waals surface area contributed by atoms with Gasteiger partial charge in [0.25, 0.3) is 0 Å². The summed E-state index contributed by atoms with van der Waals surface area (Å²) in [7, 11) is 0.